The Morgan fingerprint density at radius 1 is 1.21 bits per heavy atom. The van der Waals surface area contributed by atoms with Gasteiger partial charge >= 0.3 is 5.97 Å². The Hall–Kier alpha value is -3.55. The molecule has 0 aliphatic carbocycles. The molecule has 0 fully saturated rings. The zero-order chi connectivity index (χ0) is 19.5. The van der Waals surface area contributed by atoms with E-state index in [1.807, 2.05) is 36.4 Å². The molecule has 142 valence electrons. The van der Waals surface area contributed by atoms with Crippen molar-refractivity contribution < 1.29 is 14.1 Å². The fourth-order valence-electron chi connectivity index (χ4n) is 2.86. The van der Waals surface area contributed by atoms with E-state index in [0.29, 0.717) is 23.8 Å². The van der Waals surface area contributed by atoms with E-state index in [1.54, 1.807) is 10.7 Å². The van der Waals surface area contributed by atoms with E-state index < -0.39 is 5.97 Å². The fourth-order valence-corrected chi connectivity index (χ4v) is 2.86. The van der Waals surface area contributed by atoms with Crippen LogP contribution in [0, 0.1) is 5.92 Å². The van der Waals surface area contributed by atoms with Gasteiger partial charge in [0.05, 0.1) is 11.9 Å². The highest BCUT2D eigenvalue weighted by molar-refractivity contribution is 5.95. The van der Waals surface area contributed by atoms with Crippen LogP contribution in [-0.2, 0) is 17.8 Å². The highest BCUT2D eigenvalue weighted by Crippen LogP contribution is 2.21. The Kier molecular flexibility index (Phi) is 4.84. The summed E-state index contributed by atoms with van der Waals surface area (Å²) in [5.74, 6) is 0.734. The number of fused-ring (bicyclic) bond motifs is 1. The number of ether oxygens (including phenoxy) is 1. The first-order valence-corrected chi connectivity index (χ1v) is 8.98. The van der Waals surface area contributed by atoms with Crippen molar-refractivity contribution in [2.45, 2.75) is 26.9 Å². The third-order valence-corrected chi connectivity index (χ3v) is 4.12. The van der Waals surface area contributed by atoms with Gasteiger partial charge < -0.3 is 9.26 Å². The second-order valence-corrected chi connectivity index (χ2v) is 6.77. The Balaban J connectivity index is 1.53. The zero-order valence-corrected chi connectivity index (χ0v) is 15.6. The molecule has 0 radical (unpaired) electrons. The van der Waals surface area contributed by atoms with Gasteiger partial charge in [-0.05, 0) is 12.0 Å². The topological polar surface area (TPSA) is 95.4 Å². The second-order valence-electron chi connectivity index (χ2n) is 6.77. The maximum atomic E-state index is 12.5. The summed E-state index contributed by atoms with van der Waals surface area (Å²) in [5, 5.41) is 8.20. The van der Waals surface area contributed by atoms with Crippen LogP contribution in [0.4, 0.5) is 0 Å². The van der Waals surface area contributed by atoms with Crippen molar-refractivity contribution in [1.82, 2.24) is 24.7 Å². The summed E-state index contributed by atoms with van der Waals surface area (Å²) in [6, 6.07) is 11.6. The lowest BCUT2D eigenvalue weighted by atomic mass is 10.1. The fraction of sp³-hybridized carbons (Fsp3) is 0.250. The summed E-state index contributed by atoms with van der Waals surface area (Å²) in [7, 11) is 0. The van der Waals surface area contributed by atoms with Crippen molar-refractivity contribution in [3.63, 3.8) is 0 Å². The van der Waals surface area contributed by atoms with Crippen LogP contribution in [0.1, 0.15) is 35.9 Å². The van der Waals surface area contributed by atoms with Gasteiger partial charge in [-0.2, -0.15) is 10.1 Å². The van der Waals surface area contributed by atoms with E-state index in [0.717, 1.165) is 11.3 Å². The smallest absolute Gasteiger partial charge is 0.344 e. The third-order valence-electron chi connectivity index (χ3n) is 4.12. The number of esters is 1. The third kappa shape index (κ3) is 3.62. The normalized spacial score (nSPS) is 11.2. The van der Waals surface area contributed by atoms with E-state index in [2.05, 4.69) is 34.1 Å². The number of hydrogen-bond acceptors (Lipinski definition) is 7. The highest BCUT2D eigenvalue weighted by Gasteiger charge is 2.19. The molecule has 0 spiro atoms. The SMILES string of the molecule is CC(C)Cc1noc(COC(=O)c2cnn3c(-c4ccccc4)ccnc23)n1. The van der Waals surface area contributed by atoms with Crippen molar-refractivity contribution in [3.8, 4) is 11.3 Å². The van der Waals surface area contributed by atoms with Gasteiger partial charge in [-0.15, -0.1) is 0 Å². The van der Waals surface area contributed by atoms with Crippen LogP contribution in [0.15, 0.2) is 53.3 Å². The Bertz CT molecular complexity index is 1100. The quantitative estimate of drug-likeness (QED) is 0.476. The van der Waals surface area contributed by atoms with Gasteiger partial charge in [0, 0.05) is 18.2 Å². The van der Waals surface area contributed by atoms with E-state index in [9.17, 15) is 4.79 Å². The molecule has 0 unspecified atom stereocenters. The van der Waals surface area contributed by atoms with Gasteiger partial charge in [0.15, 0.2) is 18.1 Å². The number of benzene rings is 1. The lowest BCUT2D eigenvalue weighted by molar-refractivity contribution is 0.0432. The van der Waals surface area contributed by atoms with Crippen molar-refractivity contribution >= 4 is 11.6 Å². The molecule has 28 heavy (non-hydrogen) atoms. The molecule has 0 saturated heterocycles. The first kappa shape index (κ1) is 17.8. The molecular weight excluding hydrogens is 358 g/mol. The first-order valence-electron chi connectivity index (χ1n) is 8.98. The Morgan fingerprint density at radius 3 is 2.82 bits per heavy atom. The van der Waals surface area contributed by atoms with Crippen molar-refractivity contribution in [1.29, 1.82) is 0 Å². The van der Waals surface area contributed by atoms with Crippen molar-refractivity contribution in [3.05, 3.63) is 66.1 Å². The second kappa shape index (κ2) is 7.59. The summed E-state index contributed by atoms with van der Waals surface area (Å²) in [5.41, 5.74) is 2.51. The van der Waals surface area contributed by atoms with E-state index in [4.69, 9.17) is 9.26 Å². The van der Waals surface area contributed by atoms with Gasteiger partial charge in [0.2, 0.25) is 0 Å². The Labute approximate surface area is 161 Å². The van der Waals surface area contributed by atoms with Crippen molar-refractivity contribution in [2.24, 2.45) is 5.92 Å². The minimum absolute atomic E-state index is 0.0976. The highest BCUT2D eigenvalue weighted by atomic mass is 16.6. The molecule has 8 nitrogen and oxygen atoms in total. The average Bonchev–Trinajstić information content (AvgIpc) is 3.33. The molecular formula is C20H19N5O3. The predicted molar refractivity (Wildman–Crippen MR) is 100 cm³/mol. The van der Waals surface area contributed by atoms with E-state index >= 15 is 0 Å². The lowest BCUT2D eigenvalue weighted by Gasteiger charge is -2.04. The molecule has 0 aliphatic heterocycles. The van der Waals surface area contributed by atoms with Gasteiger partial charge in [0.1, 0.15) is 5.56 Å². The average molecular weight is 377 g/mol. The minimum Gasteiger partial charge on any atom is -0.452 e. The monoisotopic (exact) mass is 377 g/mol. The first-order chi connectivity index (χ1) is 13.6. The number of carbonyl (C=O) groups excluding carboxylic acids is 1. The molecule has 4 aromatic rings. The van der Waals surface area contributed by atoms with Crippen LogP contribution < -0.4 is 0 Å². The van der Waals surface area contributed by atoms with Crippen LogP contribution in [0.25, 0.3) is 16.9 Å². The number of hydrogen-bond donors (Lipinski definition) is 0. The predicted octanol–water partition coefficient (Wildman–Crippen LogP) is 3.33. The molecule has 0 bridgehead atoms. The van der Waals surface area contributed by atoms with Crippen molar-refractivity contribution in [2.75, 3.05) is 0 Å². The van der Waals surface area contributed by atoms with Crippen LogP contribution >= 0.6 is 0 Å². The van der Waals surface area contributed by atoms with Gasteiger partial charge in [-0.1, -0.05) is 49.3 Å². The number of aromatic nitrogens is 5. The van der Waals surface area contributed by atoms with Crippen LogP contribution in [0.5, 0.6) is 0 Å². The van der Waals surface area contributed by atoms with Crippen LogP contribution in [0.2, 0.25) is 0 Å². The standard InChI is InChI=1S/C20H19N5O3/c1-13(2)10-17-23-18(28-24-17)12-27-20(26)15-11-22-25-16(8-9-21-19(15)25)14-6-4-3-5-7-14/h3-9,11,13H,10,12H2,1-2H3. The summed E-state index contributed by atoms with van der Waals surface area (Å²) in [6.45, 7) is 4.04. The van der Waals surface area contributed by atoms with Crippen LogP contribution in [-0.4, -0.2) is 30.7 Å². The molecule has 8 heteroatoms. The molecule has 3 heterocycles. The maximum Gasteiger partial charge on any atom is 0.344 e. The molecule has 3 aromatic heterocycles. The van der Waals surface area contributed by atoms with Crippen LogP contribution in [0.3, 0.4) is 0 Å². The zero-order valence-electron chi connectivity index (χ0n) is 15.6. The molecule has 0 atom stereocenters. The summed E-state index contributed by atoms with van der Waals surface area (Å²) in [4.78, 5) is 21.0. The van der Waals surface area contributed by atoms with E-state index in [1.165, 1.54) is 6.20 Å². The van der Waals surface area contributed by atoms with Gasteiger partial charge in [-0.3, -0.25) is 0 Å². The van der Waals surface area contributed by atoms with Gasteiger partial charge in [-0.25, -0.2) is 14.3 Å². The number of rotatable bonds is 6. The largest absolute Gasteiger partial charge is 0.452 e. The van der Waals surface area contributed by atoms with Gasteiger partial charge in [0.25, 0.3) is 5.89 Å². The van der Waals surface area contributed by atoms with E-state index in [-0.39, 0.29) is 18.1 Å². The summed E-state index contributed by atoms with van der Waals surface area (Å²) < 4.78 is 12.1. The molecule has 0 amide bonds. The maximum absolute atomic E-state index is 12.5. The molecule has 0 aliphatic rings. The summed E-state index contributed by atoms with van der Waals surface area (Å²) in [6.07, 6.45) is 3.80. The molecule has 4 rings (SSSR count). The molecule has 0 N–H and O–H groups in total. The Morgan fingerprint density at radius 2 is 2.04 bits per heavy atom. The summed E-state index contributed by atoms with van der Waals surface area (Å²) >= 11 is 0. The minimum atomic E-state index is -0.545. The molecule has 1 aromatic carbocycles. The number of carbonyl (C=O) groups is 1. The lowest BCUT2D eigenvalue weighted by Crippen LogP contribution is -2.06. The molecule has 0 saturated carbocycles. The number of nitrogens with zero attached hydrogens (tertiary/aromatic N) is 5.